The normalized spacial score (nSPS) is 18.2. The van der Waals surface area contributed by atoms with Crippen LogP contribution in [0, 0.1) is 0 Å². The van der Waals surface area contributed by atoms with Crippen LogP contribution >= 0.6 is 12.6 Å². The van der Waals surface area contributed by atoms with Gasteiger partial charge >= 0.3 is 0 Å². The molecule has 0 aliphatic carbocycles. The molecule has 1 unspecified atom stereocenters. The molecule has 0 saturated carbocycles. The van der Waals surface area contributed by atoms with Gasteiger partial charge in [-0.1, -0.05) is 42.5 Å². The lowest BCUT2D eigenvalue weighted by atomic mass is 9.99. The lowest BCUT2D eigenvalue weighted by molar-refractivity contribution is 0.0787. The minimum Gasteiger partial charge on any atom is -0.338 e. The summed E-state index contributed by atoms with van der Waals surface area (Å²) < 4.78 is 0. The summed E-state index contributed by atoms with van der Waals surface area (Å²) in [7, 11) is 0. The van der Waals surface area contributed by atoms with Gasteiger partial charge in [-0.05, 0) is 24.1 Å². The lowest BCUT2D eigenvalue weighted by Gasteiger charge is -2.17. The van der Waals surface area contributed by atoms with Gasteiger partial charge in [0.2, 0.25) is 0 Å². The van der Waals surface area contributed by atoms with Crippen LogP contribution in [0.4, 0.5) is 0 Å². The molecule has 2 aromatic rings. The van der Waals surface area contributed by atoms with E-state index in [1.54, 1.807) is 0 Å². The van der Waals surface area contributed by atoms with E-state index >= 15 is 0 Å². The minimum absolute atomic E-state index is 0.0917. The number of hydrogen-bond donors (Lipinski definition) is 1. The van der Waals surface area contributed by atoms with Crippen molar-refractivity contribution in [1.29, 1.82) is 0 Å². The van der Waals surface area contributed by atoms with Crippen LogP contribution < -0.4 is 0 Å². The first-order valence-electron chi connectivity index (χ1n) is 6.88. The smallest absolute Gasteiger partial charge is 0.255 e. The molecule has 0 spiro atoms. The Morgan fingerprint density at radius 1 is 1.05 bits per heavy atom. The first kappa shape index (κ1) is 13.3. The fourth-order valence-corrected chi connectivity index (χ4v) is 3.02. The summed E-state index contributed by atoms with van der Waals surface area (Å²) in [5.74, 6) is 0.543. The number of rotatable bonds is 2. The zero-order valence-electron chi connectivity index (χ0n) is 11.2. The van der Waals surface area contributed by atoms with Crippen LogP contribution in [-0.4, -0.2) is 23.9 Å². The molecule has 3 heteroatoms. The molecule has 1 amide bonds. The number of hydrogen-bond acceptors (Lipinski definition) is 2. The molecule has 2 nitrogen and oxygen atoms in total. The van der Waals surface area contributed by atoms with Crippen LogP contribution in [0.15, 0.2) is 59.5 Å². The molecule has 1 fully saturated rings. The molecule has 102 valence electrons. The molecule has 0 bridgehead atoms. The van der Waals surface area contributed by atoms with Crippen LogP contribution in [0.5, 0.6) is 0 Å². The van der Waals surface area contributed by atoms with Gasteiger partial charge in [-0.2, -0.15) is 0 Å². The highest BCUT2D eigenvalue weighted by Gasteiger charge is 2.28. The Hall–Kier alpha value is -1.74. The molecule has 0 N–H and O–H groups in total. The molecule has 1 aliphatic rings. The monoisotopic (exact) mass is 283 g/mol. The number of thiol groups is 1. The number of likely N-dealkylation sites (tertiary alicyclic amines) is 1. The Labute approximate surface area is 124 Å². The minimum atomic E-state index is 0.0917. The Bertz CT molecular complexity index is 611. The van der Waals surface area contributed by atoms with E-state index in [0.717, 1.165) is 24.4 Å². The molecule has 1 saturated heterocycles. The van der Waals surface area contributed by atoms with Gasteiger partial charge in [0.25, 0.3) is 5.91 Å². The predicted molar refractivity (Wildman–Crippen MR) is 83.4 cm³/mol. The Morgan fingerprint density at radius 2 is 1.75 bits per heavy atom. The SMILES string of the molecule is O=C(c1ccccc1S)N1CCC(c2ccccc2)C1. The van der Waals surface area contributed by atoms with E-state index in [4.69, 9.17) is 0 Å². The number of benzene rings is 2. The Balaban J connectivity index is 1.75. The molecular formula is C17H17NOS. The molecule has 1 atom stereocenters. The molecule has 3 rings (SSSR count). The standard InChI is InChI=1S/C17H17NOS/c19-17(15-8-4-5-9-16(15)20)18-11-10-14(12-18)13-6-2-1-3-7-13/h1-9,14,20H,10-12H2. The average Bonchev–Trinajstić information content (AvgIpc) is 2.98. The van der Waals surface area contributed by atoms with E-state index in [2.05, 4.69) is 36.9 Å². The zero-order valence-corrected chi connectivity index (χ0v) is 12.1. The second-order valence-electron chi connectivity index (χ2n) is 5.16. The summed E-state index contributed by atoms with van der Waals surface area (Å²) in [5, 5.41) is 0. The van der Waals surface area contributed by atoms with Gasteiger partial charge in [0, 0.05) is 23.9 Å². The second-order valence-corrected chi connectivity index (χ2v) is 5.65. The van der Waals surface area contributed by atoms with Gasteiger partial charge in [0.05, 0.1) is 5.56 Å². The summed E-state index contributed by atoms with van der Waals surface area (Å²) in [4.78, 5) is 15.2. The largest absolute Gasteiger partial charge is 0.338 e. The maximum Gasteiger partial charge on any atom is 0.255 e. The van der Waals surface area contributed by atoms with Crippen molar-refractivity contribution in [3.63, 3.8) is 0 Å². The third-order valence-corrected chi connectivity index (χ3v) is 4.27. The maximum absolute atomic E-state index is 12.5. The maximum atomic E-state index is 12.5. The number of nitrogens with zero attached hydrogens (tertiary/aromatic N) is 1. The van der Waals surface area contributed by atoms with E-state index in [1.165, 1.54) is 5.56 Å². The molecule has 0 aromatic heterocycles. The number of amides is 1. The highest BCUT2D eigenvalue weighted by molar-refractivity contribution is 7.80. The van der Waals surface area contributed by atoms with Crippen molar-refractivity contribution in [2.24, 2.45) is 0 Å². The van der Waals surface area contributed by atoms with E-state index in [1.807, 2.05) is 35.2 Å². The highest BCUT2D eigenvalue weighted by atomic mass is 32.1. The number of carbonyl (C=O) groups is 1. The first-order chi connectivity index (χ1) is 9.75. The van der Waals surface area contributed by atoms with E-state index in [9.17, 15) is 4.79 Å². The first-order valence-corrected chi connectivity index (χ1v) is 7.32. The summed E-state index contributed by atoms with van der Waals surface area (Å²) in [5.41, 5.74) is 2.02. The van der Waals surface area contributed by atoms with Crippen molar-refractivity contribution in [2.75, 3.05) is 13.1 Å². The van der Waals surface area contributed by atoms with Crippen molar-refractivity contribution in [3.05, 3.63) is 65.7 Å². The third-order valence-electron chi connectivity index (χ3n) is 3.88. The van der Waals surface area contributed by atoms with Crippen molar-refractivity contribution < 1.29 is 4.79 Å². The van der Waals surface area contributed by atoms with Crippen molar-refractivity contribution in [3.8, 4) is 0 Å². The summed E-state index contributed by atoms with van der Waals surface area (Å²) >= 11 is 4.37. The molecule has 0 radical (unpaired) electrons. The zero-order chi connectivity index (χ0) is 13.9. The fourth-order valence-electron chi connectivity index (χ4n) is 2.77. The van der Waals surface area contributed by atoms with Gasteiger partial charge < -0.3 is 4.90 Å². The molecule has 1 heterocycles. The number of carbonyl (C=O) groups excluding carboxylic acids is 1. The van der Waals surface area contributed by atoms with Crippen molar-refractivity contribution >= 4 is 18.5 Å². The fraction of sp³-hybridized carbons (Fsp3) is 0.235. The highest BCUT2D eigenvalue weighted by Crippen LogP contribution is 2.28. The van der Waals surface area contributed by atoms with Crippen LogP contribution in [-0.2, 0) is 0 Å². The Morgan fingerprint density at radius 3 is 2.50 bits per heavy atom. The summed E-state index contributed by atoms with van der Waals surface area (Å²) in [6.45, 7) is 1.62. The van der Waals surface area contributed by atoms with Crippen LogP contribution in [0.25, 0.3) is 0 Å². The van der Waals surface area contributed by atoms with E-state index in [0.29, 0.717) is 11.5 Å². The van der Waals surface area contributed by atoms with Gasteiger partial charge in [0.15, 0.2) is 0 Å². The van der Waals surface area contributed by atoms with E-state index in [-0.39, 0.29) is 5.91 Å². The van der Waals surface area contributed by atoms with Gasteiger partial charge in [-0.3, -0.25) is 4.79 Å². The van der Waals surface area contributed by atoms with Crippen LogP contribution in [0.3, 0.4) is 0 Å². The summed E-state index contributed by atoms with van der Waals surface area (Å²) in [6, 6.07) is 17.9. The predicted octanol–water partition coefficient (Wildman–Crippen LogP) is 3.61. The quantitative estimate of drug-likeness (QED) is 0.835. The van der Waals surface area contributed by atoms with Gasteiger partial charge in [0.1, 0.15) is 0 Å². The van der Waals surface area contributed by atoms with E-state index < -0.39 is 0 Å². The average molecular weight is 283 g/mol. The van der Waals surface area contributed by atoms with Crippen LogP contribution in [0.1, 0.15) is 28.3 Å². The van der Waals surface area contributed by atoms with Crippen molar-refractivity contribution in [2.45, 2.75) is 17.2 Å². The third kappa shape index (κ3) is 2.59. The molecular weight excluding hydrogens is 266 g/mol. The Kier molecular flexibility index (Phi) is 3.79. The van der Waals surface area contributed by atoms with Crippen LogP contribution in [0.2, 0.25) is 0 Å². The second kappa shape index (κ2) is 5.71. The van der Waals surface area contributed by atoms with Gasteiger partial charge in [-0.15, -0.1) is 12.6 Å². The van der Waals surface area contributed by atoms with Crippen molar-refractivity contribution in [1.82, 2.24) is 4.90 Å². The molecule has 20 heavy (non-hydrogen) atoms. The summed E-state index contributed by atoms with van der Waals surface area (Å²) in [6.07, 6.45) is 1.03. The topological polar surface area (TPSA) is 20.3 Å². The van der Waals surface area contributed by atoms with Gasteiger partial charge in [-0.25, -0.2) is 0 Å². The molecule has 2 aromatic carbocycles. The lowest BCUT2D eigenvalue weighted by Crippen LogP contribution is -2.28. The molecule has 1 aliphatic heterocycles.